The van der Waals surface area contributed by atoms with Crippen LogP contribution in [0.5, 0.6) is 0 Å². The summed E-state index contributed by atoms with van der Waals surface area (Å²) in [6.45, 7) is 0. The van der Waals surface area contributed by atoms with E-state index >= 15 is 0 Å². The average molecular weight is 222 g/mol. The van der Waals surface area contributed by atoms with Gasteiger partial charge < -0.3 is 0 Å². The van der Waals surface area contributed by atoms with Crippen molar-refractivity contribution in [1.29, 1.82) is 10.5 Å². The minimum atomic E-state index is -0.0538. The molecular formula is C2CoFeN2NaO2. The summed E-state index contributed by atoms with van der Waals surface area (Å²) in [5, 5.41) is 15.2. The van der Waals surface area contributed by atoms with Gasteiger partial charge in [0.25, 0.3) is 0 Å². The van der Waals surface area contributed by atoms with Crippen LogP contribution in [-0.2, 0) is 40.1 Å². The Bertz CT molecular complexity index is 107. The predicted molar refractivity (Wildman–Crippen MR) is 19.1 cm³/mol. The minimum absolute atomic E-state index is 0. The molecule has 0 fully saturated rings. The summed E-state index contributed by atoms with van der Waals surface area (Å²) in [6.07, 6.45) is 2.62. The molecule has 0 spiro atoms. The van der Waals surface area contributed by atoms with Crippen molar-refractivity contribution < 1.29 is 40.1 Å². The van der Waals surface area contributed by atoms with Gasteiger partial charge in [-0.05, 0) is 0 Å². The standard InChI is InChI=1S/2CHNO.Co.Fe.Na/c2*2-1-3;;;/h2*3H;;;/q;;+2;;/p-2. The molecule has 7 heteroatoms. The van der Waals surface area contributed by atoms with E-state index in [9.17, 15) is 0 Å². The molecule has 0 saturated heterocycles. The molecule has 0 atom stereocenters. The summed E-state index contributed by atoms with van der Waals surface area (Å²) < 4.78 is 7.81. The van der Waals surface area contributed by atoms with E-state index in [2.05, 4.69) is 7.70 Å². The number of nitrogens with zero attached hydrogens (tertiary/aromatic N) is 2. The Morgan fingerprint density at radius 1 is 1.11 bits per heavy atom. The smallest absolute Gasteiger partial charge is 0 e. The molecule has 9 heavy (non-hydrogen) atoms. The molecule has 0 aromatic carbocycles. The molecule has 0 rings (SSSR count). The molecule has 0 aliphatic rings. The van der Waals surface area contributed by atoms with E-state index in [0.717, 1.165) is 0 Å². The van der Waals surface area contributed by atoms with Gasteiger partial charge in [0.05, 0.1) is 0 Å². The van der Waals surface area contributed by atoms with E-state index in [-0.39, 0.29) is 62.0 Å². The molecule has 0 aliphatic carbocycles. The Morgan fingerprint density at radius 3 is 1.67 bits per heavy atom. The predicted octanol–water partition coefficient (Wildman–Crippen LogP) is -0.489. The summed E-state index contributed by atoms with van der Waals surface area (Å²) in [7, 11) is 0. The third kappa shape index (κ3) is 17.7. The van der Waals surface area contributed by atoms with Gasteiger partial charge in [0.2, 0.25) is 0 Å². The first-order valence-electron chi connectivity index (χ1n) is 1.13. The quantitative estimate of drug-likeness (QED) is 0.359. The number of hydrogen-bond acceptors (Lipinski definition) is 4. The van der Waals surface area contributed by atoms with E-state index in [1.54, 1.807) is 0 Å². The van der Waals surface area contributed by atoms with Crippen molar-refractivity contribution in [3.8, 4) is 12.5 Å². The van der Waals surface area contributed by atoms with E-state index in [1.165, 1.54) is 12.5 Å². The van der Waals surface area contributed by atoms with Crippen molar-refractivity contribution >= 4 is 29.6 Å². The molecule has 0 amide bonds. The maximum absolute atomic E-state index is 7.62. The van der Waals surface area contributed by atoms with Crippen LogP contribution in [0.2, 0.25) is 0 Å². The Balaban J connectivity index is -0.000000180. The van der Waals surface area contributed by atoms with Crippen LogP contribution in [0.1, 0.15) is 0 Å². The van der Waals surface area contributed by atoms with E-state index in [1.807, 2.05) is 0 Å². The van der Waals surface area contributed by atoms with Crippen molar-refractivity contribution in [3.05, 3.63) is 0 Å². The number of rotatable bonds is 2. The van der Waals surface area contributed by atoms with Crippen molar-refractivity contribution in [1.82, 2.24) is 0 Å². The van der Waals surface area contributed by atoms with Crippen molar-refractivity contribution in [2.24, 2.45) is 0 Å². The zero-order valence-electron chi connectivity index (χ0n) is 4.40. The van der Waals surface area contributed by atoms with E-state index < -0.39 is 0 Å². The Morgan fingerprint density at radius 2 is 1.44 bits per heavy atom. The SMILES string of the molecule is N#C[O][Co][O]C#N.[Fe].[Na]. The van der Waals surface area contributed by atoms with Crippen molar-refractivity contribution in [2.45, 2.75) is 0 Å². The molecule has 48 valence electrons. The van der Waals surface area contributed by atoms with Crippen LogP contribution in [0.25, 0.3) is 0 Å². The van der Waals surface area contributed by atoms with Gasteiger partial charge in [-0.15, -0.1) is 0 Å². The monoisotopic (exact) mass is 222 g/mol. The maximum Gasteiger partial charge on any atom is 0 e. The summed E-state index contributed by atoms with van der Waals surface area (Å²) in [4.78, 5) is 0. The summed E-state index contributed by atoms with van der Waals surface area (Å²) >= 11 is -0.0538. The van der Waals surface area contributed by atoms with Crippen LogP contribution >= 0.6 is 0 Å². The van der Waals surface area contributed by atoms with E-state index in [4.69, 9.17) is 10.5 Å². The fourth-order valence-electron chi connectivity index (χ4n) is 0.0387. The molecule has 0 saturated carbocycles. The first kappa shape index (κ1) is 16.3. The zero-order chi connectivity index (χ0) is 5.54. The Labute approximate surface area is 91.9 Å². The van der Waals surface area contributed by atoms with Gasteiger partial charge in [-0.1, -0.05) is 0 Å². The Kier molecular flexibility index (Phi) is 28.7. The first-order valence-corrected chi connectivity index (χ1v) is 1.98. The van der Waals surface area contributed by atoms with Crippen LogP contribution in [0.4, 0.5) is 0 Å². The van der Waals surface area contributed by atoms with Gasteiger partial charge >= 0.3 is 46.1 Å². The molecule has 0 bridgehead atoms. The van der Waals surface area contributed by atoms with Crippen LogP contribution in [-0.4, -0.2) is 29.6 Å². The van der Waals surface area contributed by atoms with Crippen LogP contribution in [0.3, 0.4) is 0 Å². The molecule has 0 N–H and O–H groups in total. The van der Waals surface area contributed by atoms with Crippen LogP contribution in [0.15, 0.2) is 0 Å². The second-order valence-electron chi connectivity index (χ2n) is 0.374. The second-order valence-corrected chi connectivity index (χ2v) is 0.973. The molecule has 0 aromatic rings. The van der Waals surface area contributed by atoms with Crippen LogP contribution < -0.4 is 0 Å². The molecule has 0 unspecified atom stereocenters. The van der Waals surface area contributed by atoms with Gasteiger partial charge in [-0.2, -0.15) is 0 Å². The normalized spacial score (nSPS) is 4.67. The molecule has 1 radical (unpaired) electrons. The fourth-order valence-corrected chi connectivity index (χ4v) is 0.160. The average Bonchev–Trinajstić information content (AvgIpc) is 1.69. The molecule has 0 heterocycles. The van der Waals surface area contributed by atoms with Crippen molar-refractivity contribution in [2.75, 3.05) is 0 Å². The fraction of sp³-hybridized carbons (Fsp3) is 0. The van der Waals surface area contributed by atoms with Crippen LogP contribution in [0, 0.1) is 23.0 Å². The maximum atomic E-state index is 7.62. The molecule has 0 aliphatic heterocycles. The topological polar surface area (TPSA) is 66.0 Å². The zero-order valence-corrected chi connectivity index (χ0v) is 8.54. The number of nitriles is 2. The first-order chi connectivity index (χ1) is 3.41. The third-order valence-corrected chi connectivity index (χ3v) is 0.480. The largest absolute Gasteiger partial charge is 0 e. The van der Waals surface area contributed by atoms with Gasteiger partial charge in [-0.3, -0.25) is 0 Å². The Hall–Kier alpha value is 0.606. The summed E-state index contributed by atoms with van der Waals surface area (Å²) in [5.74, 6) is 0. The van der Waals surface area contributed by atoms with E-state index in [0.29, 0.717) is 0 Å². The number of hydrogen-bond donors (Lipinski definition) is 0. The second kappa shape index (κ2) is 15.8. The molecule has 0 aromatic heterocycles. The molecule has 4 nitrogen and oxygen atoms in total. The van der Waals surface area contributed by atoms with Gasteiger partial charge in [0.15, 0.2) is 0 Å². The third-order valence-electron chi connectivity index (χ3n) is 0.116. The van der Waals surface area contributed by atoms with Gasteiger partial charge in [0, 0.05) is 46.6 Å². The van der Waals surface area contributed by atoms with Gasteiger partial charge in [0.1, 0.15) is 0 Å². The van der Waals surface area contributed by atoms with Crippen molar-refractivity contribution in [3.63, 3.8) is 0 Å². The molecular weight excluding hydrogens is 222 g/mol. The minimum Gasteiger partial charge on any atom is 0 e. The summed E-state index contributed by atoms with van der Waals surface area (Å²) in [5.41, 5.74) is 0. The van der Waals surface area contributed by atoms with Gasteiger partial charge in [-0.25, -0.2) is 0 Å². The summed E-state index contributed by atoms with van der Waals surface area (Å²) in [6, 6.07) is 0.